The predicted octanol–water partition coefficient (Wildman–Crippen LogP) is 2.69. The average Bonchev–Trinajstić information content (AvgIpc) is 3.28. The van der Waals surface area contributed by atoms with Crippen LogP contribution in [0, 0.1) is 6.92 Å². The van der Waals surface area contributed by atoms with Crippen LogP contribution in [0.3, 0.4) is 0 Å². The van der Waals surface area contributed by atoms with E-state index in [2.05, 4.69) is 43.5 Å². The molecule has 9 heteroatoms. The fourth-order valence-electron chi connectivity index (χ4n) is 2.55. The standard InChI is InChI=1S/C16H20BrN7O/c1-4-22-10-14(17)15(21-22)16(25)20-13-7-18-23(9-13)8-12-6-19-24(5-2)11(12)3/h6-7,9-10H,4-5,8H2,1-3H3,(H,20,25). The van der Waals surface area contributed by atoms with Crippen molar-refractivity contribution in [2.45, 2.75) is 40.4 Å². The number of aromatic nitrogens is 6. The van der Waals surface area contributed by atoms with E-state index < -0.39 is 0 Å². The Bertz CT molecular complexity index is 892. The molecule has 0 aliphatic carbocycles. The van der Waals surface area contributed by atoms with E-state index in [4.69, 9.17) is 0 Å². The quantitative estimate of drug-likeness (QED) is 0.683. The summed E-state index contributed by atoms with van der Waals surface area (Å²) in [5.41, 5.74) is 3.21. The van der Waals surface area contributed by atoms with Gasteiger partial charge in [-0.2, -0.15) is 15.3 Å². The van der Waals surface area contributed by atoms with E-state index >= 15 is 0 Å². The molecule has 0 spiro atoms. The van der Waals surface area contributed by atoms with E-state index in [-0.39, 0.29) is 5.91 Å². The molecular formula is C16H20BrN7O. The molecule has 0 fully saturated rings. The molecule has 25 heavy (non-hydrogen) atoms. The minimum atomic E-state index is -0.270. The van der Waals surface area contributed by atoms with Crippen LogP contribution in [0.1, 0.15) is 35.6 Å². The molecule has 0 aliphatic rings. The second-order valence-corrected chi connectivity index (χ2v) is 6.49. The summed E-state index contributed by atoms with van der Waals surface area (Å²) in [6.07, 6.45) is 7.06. The van der Waals surface area contributed by atoms with E-state index in [0.29, 0.717) is 28.9 Å². The molecule has 3 heterocycles. The van der Waals surface area contributed by atoms with Gasteiger partial charge >= 0.3 is 0 Å². The minimum absolute atomic E-state index is 0.270. The van der Waals surface area contributed by atoms with Crippen molar-refractivity contribution in [3.63, 3.8) is 0 Å². The largest absolute Gasteiger partial charge is 0.318 e. The van der Waals surface area contributed by atoms with Gasteiger partial charge in [-0.1, -0.05) is 0 Å². The number of aryl methyl sites for hydroxylation is 2. The molecule has 0 bridgehead atoms. The van der Waals surface area contributed by atoms with E-state index in [1.807, 2.05) is 24.7 Å². The third-order valence-electron chi connectivity index (χ3n) is 3.98. The van der Waals surface area contributed by atoms with Crippen molar-refractivity contribution in [2.24, 2.45) is 0 Å². The molecule has 3 rings (SSSR count). The first-order chi connectivity index (χ1) is 12.0. The number of nitrogens with one attached hydrogen (secondary N) is 1. The van der Waals surface area contributed by atoms with Gasteiger partial charge in [-0.15, -0.1) is 0 Å². The van der Waals surface area contributed by atoms with Gasteiger partial charge in [0.1, 0.15) is 0 Å². The number of amides is 1. The lowest BCUT2D eigenvalue weighted by Gasteiger charge is -2.03. The molecule has 0 atom stereocenters. The summed E-state index contributed by atoms with van der Waals surface area (Å²) in [7, 11) is 0. The van der Waals surface area contributed by atoms with Crippen molar-refractivity contribution in [1.82, 2.24) is 29.3 Å². The Kier molecular flexibility index (Phi) is 5.03. The van der Waals surface area contributed by atoms with Gasteiger partial charge in [0.2, 0.25) is 0 Å². The molecule has 0 aliphatic heterocycles. The Labute approximate surface area is 154 Å². The van der Waals surface area contributed by atoms with Crippen LogP contribution in [0.5, 0.6) is 0 Å². The van der Waals surface area contributed by atoms with Crippen LogP contribution in [0.4, 0.5) is 5.69 Å². The summed E-state index contributed by atoms with van der Waals surface area (Å²) in [4.78, 5) is 12.4. The first-order valence-corrected chi connectivity index (χ1v) is 8.89. The number of hydrogen-bond acceptors (Lipinski definition) is 4. The highest BCUT2D eigenvalue weighted by atomic mass is 79.9. The average molecular weight is 406 g/mol. The van der Waals surface area contributed by atoms with Crippen molar-refractivity contribution in [1.29, 1.82) is 0 Å². The Morgan fingerprint density at radius 2 is 1.96 bits per heavy atom. The van der Waals surface area contributed by atoms with Gasteiger partial charge < -0.3 is 5.32 Å². The van der Waals surface area contributed by atoms with Gasteiger partial charge in [0, 0.05) is 36.7 Å². The van der Waals surface area contributed by atoms with Crippen molar-refractivity contribution in [2.75, 3.05) is 5.32 Å². The summed E-state index contributed by atoms with van der Waals surface area (Å²) in [6, 6.07) is 0. The topological polar surface area (TPSA) is 82.6 Å². The second-order valence-electron chi connectivity index (χ2n) is 5.63. The van der Waals surface area contributed by atoms with Crippen LogP contribution < -0.4 is 5.32 Å². The molecule has 3 aromatic rings. The molecule has 0 saturated heterocycles. The summed E-state index contributed by atoms with van der Waals surface area (Å²) >= 11 is 3.36. The Morgan fingerprint density at radius 3 is 2.60 bits per heavy atom. The van der Waals surface area contributed by atoms with Crippen LogP contribution in [-0.2, 0) is 19.6 Å². The highest BCUT2D eigenvalue weighted by molar-refractivity contribution is 9.10. The summed E-state index contributed by atoms with van der Waals surface area (Å²) in [5.74, 6) is -0.270. The number of halogens is 1. The molecule has 0 radical (unpaired) electrons. The summed E-state index contributed by atoms with van der Waals surface area (Å²) in [5, 5.41) is 15.7. The highest BCUT2D eigenvalue weighted by Gasteiger charge is 2.16. The number of rotatable bonds is 6. The maximum Gasteiger partial charge on any atom is 0.277 e. The maximum atomic E-state index is 12.4. The van der Waals surface area contributed by atoms with E-state index in [1.165, 1.54) is 0 Å². The fourth-order valence-corrected chi connectivity index (χ4v) is 3.05. The van der Waals surface area contributed by atoms with E-state index in [0.717, 1.165) is 17.8 Å². The van der Waals surface area contributed by atoms with Gasteiger partial charge in [-0.25, -0.2) is 0 Å². The molecule has 1 N–H and O–H groups in total. The zero-order valence-electron chi connectivity index (χ0n) is 14.4. The number of hydrogen-bond donors (Lipinski definition) is 1. The SMILES string of the molecule is CCn1cc(Br)c(C(=O)Nc2cnn(Cc3cnn(CC)c3C)c2)n1. The first-order valence-electron chi connectivity index (χ1n) is 8.09. The van der Waals surface area contributed by atoms with Crippen molar-refractivity contribution < 1.29 is 4.79 Å². The van der Waals surface area contributed by atoms with Gasteiger partial charge in [0.05, 0.1) is 29.1 Å². The van der Waals surface area contributed by atoms with Crippen LogP contribution in [0.2, 0.25) is 0 Å². The molecule has 0 aromatic carbocycles. The Balaban J connectivity index is 1.69. The van der Waals surface area contributed by atoms with Crippen molar-refractivity contribution in [3.8, 4) is 0 Å². The number of carbonyl (C=O) groups excluding carboxylic acids is 1. The fraction of sp³-hybridized carbons (Fsp3) is 0.375. The van der Waals surface area contributed by atoms with E-state index in [1.54, 1.807) is 28.0 Å². The van der Waals surface area contributed by atoms with Gasteiger partial charge in [0.25, 0.3) is 5.91 Å². The molecule has 132 valence electrons. The minimum Gasteiger partial charge on any atom is -0.318 e. The Morgan fingerprint density at radius 1 is 1.16 bits per heavy atom. The normalized spacial score (nSPS) is 11.0. The van der Waals surface area contributed by atoms with E-state index in [9.17, 15) is 4.79 Å². The Hall–Kier alpha value is -2.42. The third-order valence-corrected chi connectivity index (χ3v) is 4.56. The third kappa shape index (κ3) is 3.65. The molecule has 3 aromatic heterocycles. The monoisotopic (exact) mass is 405 g/mol. The van der Waals surface area contributed by atoms with Crippen molar-refractivity contribution in [3.05, 3.63) is 46.2 Å². The van der Waals surface area contributed by atoms with Gasteiger partial charge in [-0.05, 0) is 36.7 Å². The smallest absolute Gasteiger partial charge is 0.277 e. The zero-order chi connectivity index (χ0) is 18.0. The highest BCUT2D eigenvalue weighted by Crippen LogP contribution is 2.17. The number of carbonyl (C=O) groups is 1. The first kappa shape index (κ1) is 17.4. The van der Waals surface area contributed by atoms with Crippen LogP contribution in [0.25, 0.3) is 0 Å². The maximum absolute atomic E-state index is 12.4. The summed E-state index contributed by atoms with van der Waals surface area (Å²) < 4.78 is 6.10. The lowest BCUT2D eigenvalue weighted by molar-refractivity contribution is 0.102. The molecule has 0 saturated carbocycles. The van der Waals surface area contributed by atoms with Crippen LogP contribution in [0.15, 0.2) is 29.3 Å². The van der Waals surface area contributed by atoms with Gasteiger partial charge in [0.15, 0.2) is 5.69 Å². The second kappa shape index (κ2) is 7.22. The van der Waals surface area contributed by atoms with Crippen molar-refractivity contribution >= 4 is 27.5 Å². The van der Waals surface area contributed by atoms with Crippen LogP contribution in [-0.4, -0.2) is 35.2 Å². The predicted molar refractivity (Wildman–Crippen MR) is 97.5 cm³/mol. The molecule has 0 unspecified atom stereocenters. The number of nitrogens with zero attached hydrogens (tertiary/aromatic N) is 6. The zero-order valence-corrected chi connectivity index (χ0v) is 16.0. The molecule has 1 amide bonds. The molecular weight excluding hydrogens is 386 g/mol. The number of anilines is 1. The van der Waals surface area contributed by atoms with Gasteiger partial charge in [-0.3, -0.25) is 18.8 Å². The molecule has 8 nitrogen and oxygen atoms in total. The summed E-state index contributed by atoms with van der Waals surface area (Å²) in [6.45, 7) is 8.22. The lowest BCUT2D eigenvalue weighted by Crippen LogP contribution is -2.13. The lowest BCUT2D eigenvalue weighted by atomic mass is 10.2. The van der Waals surface area contributed by atoms with Crippen LogP contribution >= 0.6 is 15.9 Å².